The van der Waals surface area contributed by atoms with Crippen molar-refractivity contribution in [2.45, 2.75) is 65.2 Å². The Bertz CT molecular complexity index is 404. The molecule has 0 saturated heterocycles. The van der Waals surface area contributed by atoms with Crippen molar-refractivity contribution in [3.8, 4) is 17.2 Å². The zero-order valence-electron chi connectivity index (χ0n) is 14.8. The Morgan fingerprint density at radius 2 is 1.17 bits per heavy atom. The predicted octanol–water partition coefficient (Wildman–Crippen LogP) is 5.96. The molecule has 0 fully saturated rings. The molecule has 0 bridgehead atoms. The van der Waals surface area contributed by atoms with E-state index in [2.05, 4.69) is 20.8 Å². The lowest BCUT2D eigenvalue weighted by Crippen LogP contribution is -2.06. The van der Waals surface area contributed by atoms with E-state index in [4.69, 9.17) is 25.8 Å². The van der Waals surface area contributed by atoms with E-state index in [9.17, 15) is 0 Å². The maximum atomic E-state index is 6.02. The third-order valence-electron chi connectivity index (χ3n) is 3.49. The van der Waals surface area contributed by atoms with Crippen molar-refractivity contribution in [1.82, 2.24) is 0 Å². The summed E-state index contributed by atoms with van der Waals surface area (Å²) in [5.74, 6) is 2.65. The lowest BCUT2D eigenvalue weighted by atomic mass is 10.2. The normalized spacial score (nSPS) is 10.6. The average Bonchev–Trinajstić information content (AvgIpc) is 2.57. The van der Waals surface area contributed by atoms with Gasteiger partial charge in [-0.15, -0.1) is 11.6 Å². The lowest BCUT2D eigenvalue weighted by Gasteiger charge is -2.18. The first-order valence-corrected chi connectivity index (χ1v) is 9.41. The monoisotopic (exact) mass is 342 g/mol. The van der Waals surface area contributed by atoms with Crippen molar-refractivity contribution < 1.29 is 14.2 Å². The SMILES string of the molecule is CCCCOc1cc(CCl)cc(OCCCC)c1OCCCC. The highest BCUT2D eigenvalue weighted by Crippen LogP contribution is 2.39. The van der Waals surface area contributed by atoms with Crippen LogP contribution in [0.2, 0.25) is 0 Å². The fourth-order valence-corrected chi connectivity index (χ4v) is 2.19. The van der Waals surface area contributed by atoms with Gasteiger partial charge in [0.2, 0.25) is 5.75 Å². The zero-order valence-corrected chi connectivity index (χ0v) is 15.6. The van der Waals surface area contributed by atoms with Gasteiger partial charge in [-0.3, -0.25) is 0 Å². The van der Waals surface area contributed by atoms with Crippen LogP contribution < -0.4 is 14.2 Å². The average molecular weight is 343 g/mol. The highest BCUT2D eigenvalue weighted by molar-refractivity contribution is 6.17. The first-order chi connectivity index (χ1) is 11.3. The van der Waals surface area contributed by atoms with Gasteiger partial charge in [0, 0.05) is 5.88 Å². The van der Waals surface area contributed by atoms with Crippen LogP contribution >= 0.6 is 11.6 Å². The van der Waals surface area contributed by atoms with Gasteiger partial charge in [-0.1, -0.05) is 40.0 Å². The number of alkyl halides is 1. The molecule has 0 amide bonds. The fourth-order valence-electron chi connectivity index (χ4n) is 2.04. The number of rotatable bonds is 13. The van der Waals surface area contributed by atoms with Gasteiger partial charge in [0.05, 0.1) is 19.8 Å². The molecule has 0 atom stereocenters. The van der Waals surface area contributed by atoms with E-state index in [1.807, 2.05) is 12.1 Å². The van der Waals surface area contributed by atoms with E-state index in [1.54, 1.807) is 0 Å². The lowest BCUT2D eigenvalue weighted by molar-refractivity contribution is 0.237. The fraction of sp³-hybridized carbons (Fsp3) is 0.684. The molecule has 0 aromatic heterocycles. The number of hydrogen-bond donors (Lipinski definition) is 0. The van der Waals surface area contributed by atoms with Crippen molar-refractivity contribution in [3.63, 3.8) is 0 Å². The van der Waals surface area contributed by atoms with E-state index < -0.39 is 0 Å². The van der Waals surface area contributed by atoms with Gasteiger partial charge in [-0.05, 0) is 37.0 Å². The molecule has 1 rings (SSSR count). The molecule has 1 aromatic rings. The first-order valence-electron chi connectivity index (χ1n) is 8.88. The number of unbranched alkanes of at least 4 members (excludes halogenated alkanes) is 3. The largest absolute Gasteiger partial charge is 0.490 e. The van der Waals surface area contributed by atoms with E-state index >= 15 is 0 Å². The van der Waals surface area contributed by atoms with Crippen LogP contribution in [-0.2, 0) is 5.88 Å². The van der Waals surface area contributed by atoms with Crippen LogP contribution in [0.5, 0.6) is 17.2 Å². The Labute approximate surface area is 146 Å². The van der Waals surface area contributed by atoms with Gasteiger partial charge in [0.15, 0.2) is 11.5 Å². The second-order valence-electron chi connectivity index (χ2n) is 5.66. The van der Waals surface area contributed by atoms with Crippen molar-refractivity contribution in [2.24, 2.45) is 0 Å². The van der Waals surface area contributed by atoms with Crippen LogP contribution in [0.1, 0.15) is 64.9 Å². The molecule has 0 aliphatic rings. The standard InChI is InChI=1S/C19H31ClO3/c1-4-7-10-21-17-13-16(15-20)14-18(22-11-8-5-2)19(17)23-12-9-6-3/h13-14H,4-12,15H2,1-3H3. The number of hydrogen-bond acceptors (Lipinski definition) is 3. The Morgan fingerprint density at radius 3 is 1.57 bits per heavy atom. The molecule has 1 aromatic carbocycles. The van der Waals surface area contributed by atoms with Crippen LogP contribution in [0.15, 0.2) is 12.1 Å². The molecule has 0 unspecified atom stereocenters. The van der Waals surface area contributed by atoms with Crippen LogP contribution in [-0.4, -0.2) is 19.8 Å². The van der Waals surface area contributed by atoms with E-state index in [-0.39, 0.29) is 0 Å². The van der Waals surface area contributed by atoms with Gasteiger partial charge in [-0.25, -0.2) is 0 Å². The summed E-state index contributed by atoms with van der Waals surface area (Å²) in [4.78, 5) is 0. The number of ether oxygens (including phenoxy) is 3. The minimum atomic E-state index is 0.434. The van der Waals surface area contributed by atoms with Crippen molar-refractivity contribution in [1.29, 1.82) is 0 Å². The first kappa shape index (κ1) is 20.0. The molecule has 4 heteroatoms. The summed E-state index contributed by atoms with van der Waals surface area (Å²) < 4.78 is 17.8. The molecular formula is C19H31ClO3. The van der Waals surface area contributed by atoms with Crippen LogP contribution in [0.25, 0.3) is 0 Å². The van der Waals surface area contributed by atoms with Gasteiger partial charge in [0.25, 0.3) is 0 Å². The third-order valence-corrected chi connectivity index (χ3v) is 3.80. The van der Waals surface area contributed by atoms with Gasteiger partial charge in [0.1, 0.15) is 0 Å². The summed E-state index contributed by atoms with van der Waals surface area (Å²) in [5, 5.41) is 0. The molecule has 132 valence electrons. The number of halogens is 1. The van der Waals surface area contributed by atoms with Gasteiger partial charge in [-0.2, -0.15) is 0 Å². The van der Waals surface area contributed by atoms with Gasteiger partial charge < -0.3 is 14.2 Å². The van der Waals surface area contributed by atoms with E-state index in [0.29, 0.717) is 25.7 Å². The summed E-state index contributed by atoms with van der Waals surface area (Å²) in [7, 11) is 0. The predicted molar refractivity (Wildman–Crippen MR) is 97.2 cm³/mol. The summed E-state index contributed by atoms with van der Waals surface area (Å²) in [6.45, 7) is 8.48. The molecule has 0 heterocycles. The Kier molecular flexibility index (Phi) is 10.7. The van der Waals surface area contributed by atoms with Crippen molar-refractivity contribution >= 4 is 11.6 Å². The third kappa shape index (κ3) is 7.34. The molecule has 3 nitrogen and oxygen atoms in total. The van der Waals surface area contributed by atoms with Crippen LogP contribution in [0.4, 0.5) is 0 Å². The Balaban J connectivity index is 2.97. The Hall–Kier alpha value is -1.09. The molecule has 0 aliphatic carbocycles. The molecular weight excluding hydrogens is 312 g/mol. The minimum absolute atomic E-state index is 0.434. The van der Waals surface area contributed by atoms with Crippen LogP contribution in [0.3, 0.4) is 0 Å². The van der Waals surface area contributed by atoms with Crippen LogP contribution in [0, 0.1) is 0 Å². The van der Waals surface area contributed by atoms with E-state index in [0.717, 1.165) is 61.3 Å². The highest BCUT2D eigenvalue weighted by Gasteiger charge is 2.15. The second-order valence-corrected chi connectivity index (χ2v) is 5.93. The second kappa shape index (κ2) is 12.3. The molecule has 0 saturated carbocycles. The summed E-state index contributed by atoms with van der Waals surface area (Å²) in [5.41, 5.74) is 0.993. The molecule has 0 N–H and O–H groups in total. The van der Waals surface area contributed by atoms with E-state index in [1.165, 1.54) is 0 Å². The quantitative estimate of drug-likeness (QED) is 0.327. The summed E-state index contributed by atoms with van der Waals surface area (Å²) in [6.07, 6.45) is 6.34. The topological polar surface area (TPSA) is 27.7 Å². The number of benzene rings is 1. The Morgan fingerprint density at radius 1 is 0.739 bits per heavy atom. The minimum Gasteiger partial charge on any atom is -0.490 e. The zero-order chi connectivity index (χ0) is 16.9. The molecule has 0 spiro atoms. The summed E-state index contributed by atoms with van der Waals surface area (Å²) in [6, 6.07) is 3.94. The van der Waals surface area contributed by atoms with Gasteiger partial charge >= 0.3 is 0 Å². The highest BCUT2D eigenvalue weighted by atomic mass is 35.5. The molecule has 0 radical (unpaired) electrons. The smallest absolute Gasteiger partial charge is 0.203 e. The molecule has 23 heavy (non-hydrogen) atoms. The molecule has 0 aliphatic heterocycles. The summed E-state index contributed by atoms with van der Waals surface area (Å²) >= 11 is 6.02. The van der Waals surface area contributed by atoms with Crippen molar-refractivity contribution in [3.05, 3.63) is 17.7 Å². The van der Waals surface area contributed by atoms with Crippen molar-refractivity contribution in [2.75, 3.05) is 19.8 Å². The maximum Gasteiger partial charge on any atom is 0.203 e. The maximum absolute atomic E-state index is 6.02.